The highest BCUT2D eigenvalue weighted by Gasteiger charge is 2.18. The molecule has 112 valence electrons. The van der Waals surface area contributed by atoms with Crippen molar-refractivity contribution in [1.82, 2.24) is 9.38 Å². The van der Waals surface area contributed by atoms with Crippen LogP contribution >= 0.6 is 0 Å². The van der Waals surface area contributed by atoms with Crippen molar-refractivity contribution in [2.45, 2.75) is 13.3 Å². The average molecular weight is 298 g/mol. The molecule has 3 rings (SSSR count). The van der Waals surface area contributed by atoms with E-state index in [1.54, 1.807) is 41.8 Å². The number of imidazole rings is 1. The number of rotatable bonds is 4. The first-order chi connectivity index (χ1) is 10.7. The van der Waals surface area contributed by atoms with E-state index >= 15 is 0 Å². The van der Waals surface area contributed by atoms with Crippen molar-refractivity contribution in [2.24, 2.45) is 0 Å². The predicted molar refractivity (Wildman–Crippen MR) is 80.4 cm³/mol. The molecule has 0 unspecified atom stereocenters. The third-order valence-corrected chi connectivity index (χ3v) is 3.40. The van der Waals surface area contributed by atoms with Crippen LogP contribution in [-0.4, -0.2) is 22.0 Å². The Morgan fingerprint density at radius 3 is 2.77 bits per heavy atom. The lowest BCUT2D eigenvalue weighted by Gasteiger charge is -2.02. The highest BCUT2D eigenvalue weighted by molar-refractivity contribution is 5.95. The second-order valence-corrected chi connectivity index (χ2v) is 4.82. The quantitative estimate of drug-likeness (QED) is 0.695. The largest absolute Gasteiger partial charge is 0.461 e. The minimum absolute atomic E-state index is 0.258. The van der Waals surface area contributed by atoms with Gasteiger partial charge >= 0.3 is 5.97 Å². The summed E-state index contributed by atoms with van der Waals surface area (Å²) in [4.78, 5) is 16.4. The minimum atomic E-state index is -0.467. The Hall–Kier alpha value is -2.69. The van der Waals surface area contributed by atoms with Gasteiger partial charge in [0.15, 0.2) is 5.69 Å². The molecule has 0 bridgehead atoms. The normalized spacial score (nSPS) is 10.8. The summed E-state index contributed by atoms with van der Waals surface area (Å²) in [6, 6.07) is 12.0. The second kappa shape index (κ2) is 5.97. The van der Waals surface area contributed by atoms with Crippen molar-refractivity contribution >= 4 is 11.5 Å². The molecule has 5 heteroatoms. The smallest absolute Gasteiger partial charge is 0.359 e. The van der Waals surface area contributed by atoms with Gasteiger partial charge in [-0.1, -0.05) is 24.3 Å². The van der Waals surface area contributed by atoms with E-state index in [2.05, 4.69) is 4.98 Å². The first kappa shape index (κ1) is 14.3. The SMILES string of the molecule is CCOC(=O)c1nc(Cc2ccccc2F)n2ccccc12. The van der Waals surface area contributed by atoms with Crippen LogP contribution in [0.5, 0.6) is 0 Å². The monoisotopic (exact) mass is 298 g/mol. The molecular weight excluding hydrogens is 283 g/mol. The fourth-order valence-corrected chi connectivity index (χ4v) is 2.39. The van der Waals surface area contributed by atoms with E-state index in [-0.39, 0.29) is 18.1 Å². The summed E-state index contributed by atoms with van der Waals surface area (Å²) in [6.45, 7) is 2.03. The number of hydrogen-bond donors (Lipinski definition) is 0. The number of carbonyl (C=O) groups excluding carboxylic acids is 1. The molecule has 2 aromatic heterocycles. The van der Waals surface area contributed by atoms with Gasteiger partial charge < -0.3 is 9.14 Å². The molecule has 0 amide bonds. The van der Waals surface area contributed by atoms with Crippen molar-refractivity contribution in [1.29, 1.82) is 0 Å². The number of hydrogen-bond acceptors (Lipinski definition) is 3. The van der Waals surface area contributed by atoms with Crippen LogP contribution in [0.4, 0.5) is 4.39 Å². The summed E-state index contributed by atoms with van der Waals surface area (Å²) in [5, 5.41) is 0. The van der Waals surface area contributed by atoms with E-state index in [0.29, 0.717) is 23.3 Å². The van der Waals surface area contributed by atoms with Crippen molar-refractivity contribution in [3.63, 3.8) is 0 Å². The van der Waals surface area contributed by atoms with Crippen LogP contribution in [0.3, 0.4) is 0 Å². The Morgan fingerprint density at radius 2 is 2.00 bits per heavy atom. The van der Waals surface area contributed by atoms with Crippen molar-refractivity contribution in [3.05, 3.63) is 71.6 Å². The van der Waals surface area contributed by atoms with Gasteiger partial charge in [0, 0.05) is 12.6 Å². The van der Waals surface area contributed by atoms with E-state index < -0.39 is 5.97 Å². The number of esters is 1. The highest BCUT2D eigenvalue weighted by Crippen LogP contribution is 2.18. The van der Waals surface area contributed by atoms with Crippen LogP contribution in [0, 0.1) is 5.82 Å². The van der Waals surface area contributed by atoms with E-state index in [4.69, 9.17) is 4.74 Å². The number of halogens is 1. The van der Waals surface area contributed by atoms with Gasteiger partial charge in [-0.25, -0.2) is 14.2 Å². The molecule has 0 saturated carbocycles. The molecule has 0 N–H and O–H groups in total. The van der Waals surface area contributed by atoms with Gasteiger partial charge in [0.25, 0.3) is 0 Å². The lowest BCUT2D eigenvalue weighted by molar-refractivity contribution is 0.0522. The summed E-state index contributed by atoms with van der Waals surface area (Å²) in [5.41, 5.74) is 1.45. The lowest BCUT2D eigenvalue weighted by Crippen LogP contribution is -2.05. The molecule has 1 aromatic carbocycles. The molecule has 0 aliphatic rings. The summed E-state index contributed by atoms with van der Waals surface area (Å²) in [5.74, 6) is -0.150. The fraction of sp³-hybridized carbons (Fsp3) is 0.176. The molecule has 0 atom stereocenters. The molecule has 3 aromatic rings. The molecule has 22 heavy (non-hydrogen) atoms. The van der Waals surface area contributed by atoms with Crippen LogP contribution in [0.25, 0.3) is 5.52 Å². The fourth-order valence-electron chi connectivity index (χ4n) is 2.39. The van der Waals surface area contributed by atoms with Gasteiger partial charge in [-0.15, -0.1) is 0 Å². The highest BCUT2D eigenvalue weighted by atomic mass is 19.1. The Labute approximate surface area is 127 Å². The van der Waals surface area contributed by atoms with Crippen LogP contribution in [0.1, 0.15) is 28.8 Å². The molecule has 4 nitrogen and oxygen atoms in total. The van der Waals surface area contributed by atoms with Crippen LogP contribution in [0.15, 0.2) is 48.7 Å². The molecule has 0 spiro atoms. The zero-order chi connectivity index (χ0) is 15.5. The van der Waals surface area contributed by atoms with Crippen molar-refractivity contribution in [2.75, 3.05) is 6.61 Å². The van der Waals surface area contributed by atoms with Crippen LogP contribution in [0.2, 0.25) is 0 Å². The van der Waals surface area contributed by atoms with Crippen molar-refractivity contribution < 1.29 is 13.9 Å². The first-order valence-corrected chi connectivity index (χ1v) is 7.07. The standard InChI is InChI=1S/C17H15FN2O2/c1-2-22-17(21)16-14-9-5-6-10-20(14)15(19-16)11-12-7-3-4-8-13(12)18/h3-10H,2,11H2,1H3. The Balaban J connectivity index is 2.07. The number of pyridine rings is 1. The minimum Gasteiger partial charge on any atom is -0.461 e. The summed E-state index contributed by atoms with van der Waals surface area (Å²) in [6.07, 6.45) is 2.11. The average Bonchev–Trinajstić information content (AvgIpc) is 2.89. The Bertz CT molecular complexity index is 826. The maximum atomic E-state index is 13.8. The molecular formula is C17H15FN2O2. The van der Waals surface area contributed by atoms with Crippen molar-refractivity contribution in [3.8, 4) is 0 Å². The molecule has 0 saturated heterocycles. The molecule has 2 heterocycles. The predicted octanol–water partition coefficient (Wildman–Crippen LogP) is 3.24. The van der Waals surface area contributed by atoms with E-state index in [1.807, 2.05) is 12.1 Å². The molecule has 0 radical (unpaired) electrons. The van der Waals surface area contributed by atoms with E-state index in [1.165, 1.54) is 6.07 Å². The molecule has 0 aliphatic carbocycles. The van der Waals surface area contributed by atoms with Crippen LogP contribution in [-0.2, 0) is 11.2 Å². The van der Waals surface area contributed by atoms with Crippen LogP contribution < -0.4 is 0 Å². The number of carbonyl (C=O) groups is 1. The van der Waals surface area contributed by atoms with Gasteiger partial charge in [-0.2, -0.15) is 0 Å². The zero-order valence-electron chi connectivity index (χ0n) is 12.1. The third-order valence-electron chi connectivity index (χ3n) is 3.40. The summed E-state index contributed by atoms with van der Waals surface area (Å²) < 4.78 is 20.7. The topological polar surface area (TPSA) is 43.6 Å². The number of nitrogens with zero attached hydrogens (tertiary/aromatic N) is 2. The number of aromatic nitrogens is 2. The maximum Gasteiger partial charge on any atom is 0.359 e. The Morgan fingerprint density at radius 1 is 1.23 bits per heavy atom. The Kier molecular flexibility index (Phi) is 3.87. The molecule has 0 fully saturated rings. The van der Waals surface area contributed by atoms with Gasteiger partial charge in [-0.3, -0.25) is 0 Å². The van der Waals surface area contributed by atoms with Gasteiger partial charge in [0.2, 0.25) is 0 Å². The zero-order valence-corrected chi connectivity index (χ0v) is 12.1. The second-order valence-electron chi connectivity index (χ2n) is 4.82. The number of benzene rings is 1. The summed E-state index contributed by atoms with van der Waals surface area (Å²) >= 11 is 0. The summed E-state index contributed by atoms with van der Waals surface area (Å²) in [7, 11) is 0. The van der Waals surface area contributed by atoms with E-state index in [0.717, 1.165) is 0 Å². The van der Waals surface area contributed by atoms with Gasteiger partial charge in [0.05, 0.1) is 12.1 Å². The number of fused-ring (bicyclic) bond motifs is 1. The third kappa shape index (κ3) is 2.57. The maximum absolute atomic E-state index is 13.8. The van der Waals surface area contributed by atoms with Gasteiger partial charge in [-0.05, 0) is 30.7 Å². The molecule has 0 aliphatic heterocycles. The lowest BCUT2D eigenvalue weighted by atomic mass is 10.1. The van der Waals surface area contributed by atoms with E-state index in [9.17, 15) is 9.18 Å². The first-order valence-electron chi connectivity index (χ1n) is 7.07. The van der Waals surface area contributed by atoms with Gasteiger partial charge in [0.1, 0.15) is 11.6 Å². The number of ether oxygens (including phenoxy) is 1.